The number of nitrogens with two attached hydrogens (primary N) is 1. The Balaban J connectivity index is 5.36. The van der Waals surface area contributed by atoms with E-state index in [1.165, 1.54) is 11.8 Å². The van der Waals surface area contributed by atoms with Crippen molar-refractivity contribution in [3.8, 4) is 0 Å². The largest absolute Gasteiger partial charge is 0.480 e. The standard InChI is InChI=1S/C19H36N4O5S/c1-6-12(4)16(18(26)22-14(19(27)28)9-11(2)3)23-17(25)13(7-8-29-5)21-15(24)10-20/h11-14,16H,6-10,20H2,1-5H3,(H,21,24)(H,22,26)(H,23,25)(H,27,28). The average molecular weight is 433 g/mol. The van der Waals surface area contributed by atoms with Gasteiger partial charge in [-0.1, -0.05) is 34.1 Å². The molecule has 0 rings (SSSR count). The molecule has 0 aromatic carbocycles. The zero-order valence-corrected chi connectivity index (χ0v) is 18.8. The molecule has 3 amide bonds. The molecule has 10 heteroatoms. The van der Waals surface area contributed by atoms with Crippen LogP contribution in [0.5, 0.6) is 0 Å². The molecule has 0 aliphatic carbocycles. The summed E-state index contributed by atoms with van der Waals surface area (Å²) in [5, 5.41) is 17.2. The molecular formula is C19H36N4O5S. The van der Waals surface area contributed by atoms with Crippen molar-refractivity contribution in [1.82, 2.24) is 16.0 Å². The first-order valence-electron chi connectivity index (χ1n) is 9.89. The van der Waals surface area contributed by atoms with Crippen molar-refractivity contribution in [2.75, 3.05) is 18.6 Å². The van der Waals surface area contributed by atoms with Gasteiger partial charge in [0.15, 0.2) is 0 Å². The van der Waals surface area contributed by atoms with Gasteiger partial charge in [0.2, 0.25) is 17.7 Å². The lowest BCUT2D eigenvalue weighted by Crippen LogP contribution is -2.58. The van der Waals surface area contributed by atoms with Gasteiger partial charge in [-0.15, -0.1) is 0 Å². The second-order valence-corrected chi connectivity index (χ2v) is 8.49. The molecule has 29 heavy (non-hydrogen) atoms. The van der Waals surface area contributed by atoms with Crippen LogP contribution in [0.4, 0.5) is 0 Å². The van der Waals surface area contributed by atoms with Gasteiger partial charge in [-0.2, -0.15) is 11.8 Å². The van der Waals surface area contributed by atoms with Gasteiger partial charge in [-0.3, -0.25) is 14.4 Å². The minimum atomic E-state index is -1.12. The first-order valence-corrected chi connectivity index (χ1v) is 11.3. The Hall–Kier alpha value is -1.81. The molecular weight excluding hydrogens is 396 g/mol. The topological polar surface area (TPSA) is 151 Å². The van der Waals surface area contributed by atoms with Crippen molar-refractivity contribution in [2.24, 2.45) is 17.6 Å². The molecule has 0 bridgehead atoms. The predicted octanol–water partition coefficient (Wildman–Crippen LogP) is 0.329. The molecule has 0 aromatic rings. The van der Waals surface area contributed by atoms with E-state index < -0.39 is 41.8 Å². The van der Waals surface area contributed by atoms with Crippen molar-refractivity contribution in [2.45, 2.75) is 65.1 Å². The summed E-state index contributed by atoms with van der Waals surface area (Å²) < 4.78 is 0. The van der Waals surface area contributed by atoms with Gasteiger partial charge in [0.25, 0.3) is 0 Å². The number of hydrogen-bond donors (Lipinski definition) is 5. The van der Waals surface area contributed by atoms with Crippen LogP contribution in [0, 0.1) is 11.8 Å². The van der Waals surface area contributed by atoms with Crippen molar-refractivity contribution >= 4 is 35.5 Å². The third-order valence-electron chi connectivity index (χ3n) is 4.56. The Kier molecular flexibility index (Phi) is 13.3. The predicted molar refractivity (Wildman–Crippen MR) is 114 cm³/mol. The highest BCUT2D eigenvalue weighted by molar-refractivity contribution is 7.98. The van der Waals surface area contributed by atoms with Crippen LogP contribution in [0.2, 0.25) is 0 Å². The average Bonchev–Trinajstić information content (AvgIpc) is 2.66. The minimum Gasteiger partial charge on any atom is -0.480 e. The van der Waals surface area contributed by atoms with Gasteiger partial charge >= 0.3 is 5.97 Å². The Labute approximate surface area is 177 Å². The molecule has 0 saturated heterocycles. The fourth-order valence-corrected chi connectivity index (χ4v) is 3.14. The van der Waals surface area contributed by atoms with E-state index >= 15 is 0 Å². The fourth-order valence-electron chi connectivity index (χ4n) is 2.67. The van der Waals surface area contributed by atoms with Gasteiger partial charge in [0.05, 0.1) is 6.54 Å². The van der Waals surface area contributed by atoms with Crippen LogP contribution in [0.15, 0.2) is 0 Å². The zero-order valence-electron chi connectivity index (χ0n) is 18.0. The Morgan fingerprint density at radius 3 is 2.07 bits per heavy atom. The van der Waals surface area contributed by atoms with Gasteiger partial charge in [-0.25, -0.2) is 4.79 Å². The monoisotopic (exact) mass is 432 g/mol. The summed E-state index contributed by atoms with van der Waals surface area (Å²) in [6, 6.07) is -2.76. The van der Waals surface area contributed by atoms with E-state index in [4.69, 9.17) is 5.73 Å². The zero-order chi connectivity index (χ0) is 22.6. The molecule has 0 aromatic heterocycles. The number of carboxylic acid groups (broad SMARTS) is 1. The third-order valence-corrected chi connectivity index (χ3v) is 5.21. The number of carbonyl (C=O) groups excluding carboxylic acids is 3. The summed E-state index contributed by atoms with van der Waals surface area (Å²) in [4.78, 5) is 48.7. The highest BCUT2D eigenvalue weighted by atomic mass is 32.2. The first kappa shape index (κ1) is 27.2. The quantitative estimate of drug-likeness (QED) is 0.265. The maximum absolute atomic E-state index is 12.8. The van der Waals surface area contributed by atoms with Crippen LogP contribution in [0.25, 0.3) is 0 Å². The fraction of sp³-hybridized carbons (Fsp3) is 0.789. The van der Waals surface area contributed by atoms with Crippen molar-refractivity contribution in [3.63, 3.8) is 0 Å². The number of aliphatic carboxylic acids is 1. The van der Waals surface area contributed by atoms with Gasteiger partial charge in [0.1, 0.15) is 18.1 Å². The van der Waals surface area contributed by atoms with E-state index in [0.29, 0.717) is 18.6 Å². The van der Waals surface area contributed by atoms with Crippen LogP contribution < -0.4 is 21.7 Å². The molecule has 0 fully saturated rings. The lowest BCUT2D eigenvalue weighted by Gasteiger charge is -2.28. The molecule has 168 valence electrons. The van der Waals surface area contributed by atoms with Crippen LogP contribution in [0.3, 0.4) is 0 Å². The van der Waals surface area contributed by atoms with E-state index in [9.17, 15) is 24.3 Å². The molecule has 0 heterocycles. The number of carbonyl (C=O) groups is 4. The number of nitrogens with one attached hydrogen (secondary N) is 3. The molecule has 6 N–H and O–H groups in total. The van der Waals surface area contributed by atoms with Crippen LogP contribution in [0.1, 0.15) is 47.0 Å². The number of amides is 3. The van der Waals surface area contributed by atoms with Crippen LogP contribution >= 0.6 is 11.8 Å². The maximum Gasteiger partial charge on any atom is 0.326 e. The Bertz CT molecular complexity index is 559. The summed E-state index contributed by atoms with van der Waals surface area (Å²) in [7, 11) is 0. The molecule has 0 aliphatic rings. The van der Waals surface area contributed by atoms with Gasteiger partial charge in [0, 0.05) is 0 Å². The maximum atomic E-state index is 12.8. The molecule has 0 radical (unpaired) electrons. The second-order valence-electron chi connectivity index (χ2n) is 7.51. The first-order chi connectivity index (χ1) is 13.6. The third kappa shape index (κ3) is 10.5. The SMILES string of the molecule is CCC(C)C(NC(=O)C(CCSC)NC(=O)CN)C(=O)NC(CC(C)C)C(=O)O. The Morgan fingerprint density at radius 2 is 1.62 bits per heavy atom. The molecule has 0 aliphatic heterocycles. The van der Waals surface area contributed by atoms with Crippen molar-refractivity contribution < 1.29 is 24.3 Å². The van der Waals surface area contributed by atoms with Crippen LogP contribution in [-0.4, -0.2) is 65.5 Å². The smallest absolute Gasteiger partial charge is 0.326 e. The van der Waals surface area contributed by atoms with E-state index in [1.807, 2.05) is 27.0 Å². The van der Waals surface area contributed by atoms with Crippen molar-refractivity contribution in [1.29, 1.82) is 0 Å². The molecule has 4 atom stereocenters. The van der Waals surface area contributed by atoms with E-state index in [1.54, 1.807) is 6.92 Å². The number of thioether (sulfide) groups is 1. The molecule has 0 saturated carbocycles. The summed E-state index contributed by atoms with van der Waals surface area (Å²) in [6.45, 7) is 7.17. The van der Waals surface area contributed by atoms with Crippen molar-refractivity contribution in [3.05, 3.63) is 0 Å². The normalized spacial score (nSPS) is 15.1. The minimum absolute atomic E-state index is 0.0791. The van der Waals surface area contributed by atoms with E-state index in [2.05, 4.69) is 16.0 Å². The lowest BCUT2D eigenvalue weighted by atomic mass is 9.96. The highest BCUT2D eigenvalue weighted by Gasteiger charge is 2.32. The lowest BCUT2D eigenvalue weighted by molar-refractivity contribution is -0.143. The summed E-state index contributed by atoms with van der Waals surface area (Å²) in [5.41, 5.74) is 5.32. The summed E-state index contributed by atoms with van der Waals surface area (Å²) in [6.07, 6.45) is 3.16. The van der Waals surface area contributed by atoms with Gasteiger partial charge < -0.3 is 26.8 Å². The molecule has 9 nitrogen and oxygen atoms in total. The Morgan fingerprint density at radius 1 is 1.00 bits per heavy atom. The van der Waals surface area contributed by atoms with Gasteiger partial charge in [-0.05, 0) is 36.7 Å². The second kappa shape index (κ2) is 14.2. The number of rotatable bonds is 14. The molecule has 4 unspecified atom stereocenters. The van der Waals surface area contributed by atoms with E-state index in [-0.39, 0.29) is 24.8 Å². The molecule has 0 spiro atoms. The number of carboxylic acids is 1. The van der Waals surface area contributed by atoms with Crippen LogP contribution in [-0.2, 0) is 19.2 Å². The summed E-state index contributed by atoms with van der Waals surface area (Å²) in [5.74, 6) is -2.12. The summed E-state index contributed by atoms with van der Waals surface area (Å²) >= 11 is 1.53. The number of hydrogen-bond acceptors (Lipinski definition) is 6. The van der Waals surface area contributed by atoms with E-state index in [0.717, 1.165) is 0 Å². The highest BCUT2D eigenvalue weighted by Crippen LogP contribution is 2.12.